The van der Waals surface area contributed by atoms with E-state index >= 15 is 0 Å². The summed E-state index contributed by atoms with van der Waals surface area (Å²) >= 11 is 0. The zero-order chi connectivity index (χ0) is 16.2. The van der Waals surface area contributed by atoms with Crippen molar-refractivity contribution in [2.45, 2.75) is 72.3 Å². The average molecular weight is 287 g/mol. The molecular formula is C19H29NO. The highest BCUT2D eigenvalue weighted by atomic mass is 16.2. The predicted octanol–water partition coefficient (Wildman–Crippen LogP) is 4.87. The van der Waals surface area contributed by atoms with Gasteiger partial charge >= 0.3 is 0 Å². The normalized spacial score (nSPS) is 19.4. The first-order valence-electron chi connectivity index (χ1n) is 7.93. The fourth-order valence-electron chi connectivity index (χ4n) is 3.20. The number of amides is 1. The van der Waals surface area contributed by atoms with Gasteiger partial charge in [-0.25, -0.2) is 0 Å². The van der Waals surface area contributed by atoms with Gasteiger partial charge in [0, 0.05) is 11.2 Å². The molecule has 0 radical (unpaired) electrons. The van der Waals surface area contributed by atoms with Crippen molar-refractivity contribution < 1.29 is 4.79 Å². The van der Waals surface area contributed by atoms with Gasteiger partial charge in [0.2, 0.25) is 5.91 Å². The maximum Gasteiger partial charge on any atom is 0.235 e. The van der Waals surface area contributed by atoms with Gasteiger partial charge < -0.3 is 4.90 Å². The Kier molecular flexibility index (Phi) is 3.72. The molecule has 1 aliphatic rings. The second-order valence-corrected chi connectivity index (χ2v) is 8.59. The summed E-state index contributed by atoms with van der Waals surface area (Å²) in [4.78, 5) is 14.9. The Morgan fingerprint density at radius 1 is 1.05 bits per heavy atom. The third-order valence-electron chi connectivity index (χ3n) is 4.29. The van der Waals surface area contributed by atoms with E-state index in [9.17, 15) is 4.79 Å². The number of anilines is 1. The van der Waals surface area contributed by atoms with Crippen molar-refractivity contribution in [3.63, 3.8) is 0 Å². The van der Waals surface area contributed by atoms with Crippen molar-refractivity contribution >= 4 is 11.6 Å². The van der Waals surface area contributed by atoms with E-state index in [-0.39, 0.29) is 22.8 Å². The van der Waals surface area contributed by atoms with Gasteiger partial charge in [-0.2, -0.15) is 0 Å². The topological polar surface area (TPSA) is 20.3 Å². The largest absolute Gasteiger partial charge is 0.306 e. The smallest absolute Gasteiger partial charge is 0.235 e. The maximum atomic E-state index is 12.9. The second kappa shape index (κ2) is 4.86. The van der Waals surface area contributed by atoms with Crippen LogP contribution in [0.2, 0.25) is 0 Å². The number of nitrogens with zero attached hydrogens (tertiary/aromatic N) is 1. The highest BCUT2D eigenvalue weighted by molar-refractivity contribution is 6.06. The van der Waals surface area contributed by atoms with Crippen molar-refractivity contribution in [1.29, 1.82) is 0 Å². The molecule has 1 aromatic carbocycles. The van der Waals surface area contributed by atoms with E-state index in [1.807, 2.05) is 4.90 Å². The molecular weight excluding hydrogens is 258 g/mol. The summed E-state index contributed by atoms with van der Waals surface area (Å²) in [6.45, 7) is 17.3. The number of hydrogen-bond donors (Lipinski definition) is 0. The van der Waals surface area contributed by atoms with Crippen LogP contribution >= 0.6 is 0 Å². The molecule has 0 bridgehead atoms. The van der Waals surface area contributed by atoms with Crippen molar-refractivity contribution in [3.05, 3.63) is 29.3 Å². The molecule has 1 heterocycles. The number of benzene rings is 1. The van der Waals surface area contributed by atoms with Crippen LogP contribution in [0, 0.1) is 5.92 Å². The lowest BCUT2D eigenvalue weighted by molar-refractivity contribution is -0.121. The van der Waals surface area contributed by atoms with Gasteiger partial charge in [-0.3, -0.25) is 4.79 Å². The van der Waals surface area contributed by atoms with Gasteiger partial charge in [0.15, 0.2) is 0 Å². The van der Waals surface area contributed by atoms with E-state index in [0.717, 1.165) is 5.69 Å². The van der Waals surface area contributed by atoms with Crippen LogP contribution in [0.3, 0.4) is 0 Å². The Bertz CT molecular complexity index is 558. The standard InChI is InChI=1S/C19H29NO/c1-12(2)16-14-11-13(18(3,4)5)9-10-15(14)20(17(16)21)19(6,7)8/h9-12,16H,1-8H3. The van der Waals surface area contributed by atoms with E-state index in [2.05, 4.69) is 73.6 Å². The molecule has 1 atom stereocenters. The summed E-state index contributed by atoms with van der Waals surface area (Å²) in [7, 11) is 0. The fraction of sp³-hybridized carbons (Fsp3) is 0.632. The van der Waals surface area contributed by atoms with E-state index in [0.29, 0.717) is 5.92 Å². The Hall–Kier alpha value is -1.31. The highest BCUT2D eigenvalue weighted by Crippen LogP contribution is 2.45. The van der Waals surface area contributed by atoms with Crippen LogP contribution < -0.4 is 4.90 Å². The first-order valence-corrected chi connectivity index (χ1v) is 7.93. The lowest BCUT2D eigenvalue weighted by Crippen LogP contribution is -2.44. The molecule has 116 valence electrons. The summed E-state index contributed by atoms with van der Waals surface area (Å²) < 4.78 is 0. The number of fused-ring (bicyclic) bond motifs is 1. The molecule has 1 aliphatic heterocycles. The summed E-state index contributed by atoms with van der Waals surface area (Å²) in [5, 5.41) is 0. The quantitative estimate of drug-likeness (QED) is 0.721. The number of carbonyl (C=O) groups excluding carboxylic acids is 1. The molecule has 2 heteroatoms. The van der Waals surface area contributed by atoms with Crippen LogP contribution in [0.5, 0.6) is 0 Å². The first kappa shape index (κ1) is 16.1. The molecule has 2 nitrogen and oxygen atoms in total. The van der Waals surface area contributed by atoms with Crippen LogP contribution in [-0.2, 0) is 10.2 Å². The molecule has 1 unspecified atom stereocenters. The number of hydrogen-bond acceptors (Lipinski definition) is 1. The minimum Gasteiger partial charge on any atom is -0.306 e. The second-order valence-electron chi connectivity index (χ2n) is 8.59. The summed E-state index contributed by atoms with van der Waals surface area (Å²) in [6, 6.07) is 6.57. The molecule has 0 N–H and O–H groups in total. The Labute approximate surface area is 129 Å². The zero-order valence-electron chi connectivity index (χ0n) is 14.7. The first-order chi connectivity index (χ1) is 9.44. The van der Waals surface area contributed by atoms with E-state index in [4.69, 9.17) is 0 Å². The highest BCUT2D eigenvalue weighted by Gasteiger charge is 2.43. The summed E-state index contributed by atoms with van der Waals surface area (Å²) in [5.74, 6) is 0.555. The molecule has 0 aromatic heterocycles. The third-order valence-corrected chi connectivity index (χ3v) is 4.29. The molecule has 0 saturated carbocycles. The Morgan fingerprint density at radius 3 is 2.05 bits per heavy atom. The van der Waals surface area contributed by atoms with Crippen molar-refractivity contribution in [2.24, 2.45) is 5.92 Å². The molecule has 21 heavy (non-hydrogen) atoms. The van der Waals surface area contributed by atoms with Crippen LogP contribution in [0.25, 0.3) is 0 Å². The Balaban J connectivity index is 2.63. The van der Waals surface area contributed by atoms with Crippen molar-refractivity contribution in [2.75, 3.05) is 4.90 Å². The van der Waals surface area contributed by atoms with Crippen LogP contribution in [-0.4, -0.2) is 11.4 Å². The van der Waals surface area contributed by atoms with Crippen LogP contribution in [0.15, 0.2) is 18.2 Å². The number of rotatable bonds is 1. The summed E-state index contributed by atoms with van der Waals surface area (Å²) in [5.41, 5.74) is 3.53. The SMILES string of the molecule is CC(C)C1C(=O)N(C(C)(C)C)c2ccc(C(C)(C)C)cc21. The average Bonchev–Trinajstić information content (AvgIpc) is 2.57. The summed E-state index contributed by atoms with van der Waals surface area (Å²) in [6.07, 6.45) is 0. The third kappa shape index (κ3) is 2.73. The van der Waals surface area contributed by atoms with E-state index < -0.39 is 0 Å². The lowest BCUT2D eigenvalue weighted by Gasteiger charge is -2.33. The maximum absolute atomic E-state index is 12.9. The molecule has 0 spiro atoms. The van der Waals surface area contributed by atoms with Gasteiger partial charge in [-0.15, -0.1) is 0 Å². The van der Waals surface area contributed by atoms with Crippen molar-refractivity contribution in [1.82, 2.24) is 0 Å². The van der Waals surface area contributed by atoms with E-state index in [1.165, 1.54) is 11.1 Å². The molecule has 1 aromatic rings. The molecule has 0 aliphatic carbocycles. The van der Waals surface area contributed by atoms with Gasteiger partial charge in [0.05, 0.1) is 5.92 Å². The van der Waals surface area contributed by atoms with Crippen LogP contribution in [0.1, 0.15) is 72.4 Å². The minimum atomic E-state index is -0.182. The minimum absolute atomic E-state index is 0.0125. The van der Waals surface area contributed by atoms with Gasteiger partial charge in [0.1, 0.15) is 0 Å². The van der Waals surface area contributed by atoms with Crippen LogP contribution in [0.4, 0.5) is 5.69 Å². The predicted molar refractivity (Wildman–Crippen MR) is 90.0 cm³/mol. The molecule has 0 saturated heterocycles. The van der Waals surface area contributed by atoms with Gasteiger partial charge in [-0.05, 0) is 49.3 Å². The molecule has 2 rings (SSSR count). The Morgan fingerprint density at radius 2 is 1.62 bits per heavy atom. The van der Waals surface area contributed by atoms with Gasteiger partial charge in [0.25, 0.3) is 0 Å². The fourth-order valence-corrected chi connectivity index (χ4v) is 3.20. The zero-order valence-corrected chi connectivity index (χ0v) is 14.7. The monoisotopic (exact) mass is 287 g/mol. The molecule has 1 amide bonds. The van der Waals surface area contributed by atoms with E-state index in [1.54, 1.807) is 0 Å². The lowest BCUT2D eigenvalue weighted by atomic mass is 9.82. The van der Waals surface area contributed by atoms with Gasteiger partial charge in [-0.1, -0.05) is 46.8 Å². The van der Waals surface area contributed by atoms with Crippen molar-refractivity contribution in [3.8, 4) is 0 Å². The molecule has 0 fully saturated rings. The number of carbonyl (C=O) groups is 1.